The highest BCUT2D eigenvalue weighted by atomic mass is 32.1. The Morgan fingerprint density at radius 2 is 2.00 bits per heavy atom. The summed E-state index contributed by atoms with van der Waals surface area (Å²) in [6.45, 7) is 3.74. The van der Waals surface area contributed by atoms with E-state index in [4.69, 9.17) is 4.74 Å². The van der Waals surface area contributed by atoms with Crippen LogP contribution in [-0.4, -0.2) is 59.9 Å². The molecule has 1 aliphatic carbocycles. The second kappa shape index (κ2) is 5.53. The minimum absolute atomic E-state index is 0.143. The monoisotopic (exact) mass is 308 g/mol. The van der Waals surface area contributed by atoms with Gasteiger partial charge in [0.25, 0.3) is 5.91 Å². The smallest absolute Gasteiger partial charge is 0.253 e. The normalized spacial score (nSPS) is 26.4. The van der Waals surface area contributed by atoms with Crippen molar-refractivity contribution in [3.05, 3.63) is 5.01 Å². The van der Waals surface area contributed by atoms with Crippen LogP contribution in [0.15, 0.2) is 0 Å². The van der Waals surface area contributed by atoms with Crippen molar-refractivity contribution >= 4 is 22.4 Å². The molecule has 3 aliphatic rings. The van der Waals surface area contributed by atoms with Crippen molar-refractivity contribution in [2.75, 3.05) is 37.7 Å². The quantitative estimate of drug-likeness (QED) is 0.841. The second-order valence-corrected chi connectivity index (χ2v) is 7.02. The zero-order valence-corrected chi connectivity index (χ0v) is 12.8. The van der Waals surface area contributed by atoms with Gasteiger partial charge in [-0.15, -0.1) is 10.2 Å². The summed E-state index contributed by atoms with van der Waals surface area (Å²) < 4.78 is 5.69. The van der Waals surface area contributed by atoms with E-state index in [2.05, 4.69) is 15.1 Å². The first-order valence-corrected chi connectivity index (χ1v) is 8.61. The van der Waals surface area contributed by atoms with E-state index in [1.54, 1.807) is 11.3 Å². The van der Waals surface area contributed by atoms with Crippen molar-refractivity contribution in [3.63, 3.8) is 0 Å². The van der Waals surface area contributed by atoms with Crippen LogP contribution in [0.4, 0.5) is 5.13 Å². The summed E-state index contributed by atoms with van der Waals surface area (Å²) in [6, 6.07) is 0. The Morgan fingerprint density at radius 1 is 1.19 bits per heavy atom. The molecule has 1 aromatic heterocycles. The number of aromatic nitrogens is 2. The molecule has 0 radical (unpaired) electrons. The molecule has 7 heteroatoms. The summed E-state index contributed by atoms with van der Waals surface area (Å²) in [5.74, 6) is 0.781. The molecule has 6 nitrogen and oxygen atoms in total. The number of amides is 1. The molecule has 0 N–H and O–H groups in total. The molecule has 2 aliphatic heterocycles. The van der Waals surface area contributed by atoms with E-state index >= 15 is 0 Å². The molecular weight excluding hydrogens is 288 g/mol. The fourth-order valence-electron chi connectivity index (χ4n) is 2.96. The molecule has 0 spiro atoms. The van der Waals surface area contributed by atoms with Crippen molar-refractivity contribution < 1.29 is 9.53 Å². The lowest BCUT2D eigenvalue weighted by atomic mass is 10.2. The number of anilines is 1. The summed E-state index contributed by atoms with van der Waals surface area (Å²) >= 11 is 1.68. The van der Waals surface area contributed by atoms with Crippen LogP contribution in [0.3, 0.4) is 0 Å². The van der Waals surface area contributed by atoms with Crippen molar-refractivity contribution in [1.29, 1.82) is 0 Å². The molecule has 0 aromatic carbocycles. The third-order valence-electron chi connectivity index (χ3n) is 4.39. The van der Waals surface area contributed by atoms with Gasteiger partial charge in [0.05, 0.1) is 13.2 Å². The Bertz CT molecular complexity index is 525. The number of nitrogens with zero attached hydrogens (tertiary/aromatic N) is 4. The van der Waals surface area contributed by atoms with Crippen LogP contribution in [0.1, 0.15) is 36.6 Å². The highest BCUT2D eigenvalue weighted by molar-refractivity contribution is 7.15. The maximum atomic E-state index is 12.4. The molecule has 1 aromatic rings. The average molecular weight is 308 g/mol. The standard InChI is InChI=1S/C14H20N4O2S/c19-13(17-5-1-2-6-17)11-9-18(7-8-20-11)14-16-15-12(21-14)10-3-4-10/h10-11H,1-9H2. The molecule has 3 heterocycles. The maximum Gasteiger partial charge on any atom is 0.253 e. The van der Waals surface area contributed by atoms with Crippen LogP contribution in [0, 0.1) is 0 Å². The zero-order chi connectivity index (χ0) is 14.2. The van der Waals surface area contributed by atoms with E-state index in [1.807, 2.05) is 4.90 Å². The minimum atomic E-state index is -0.342. The first-order chi connectivity index (χ1) is 10.3. The lowest BCUT2D eigenvalue weighted by Crippen LogP contribution is -2.50. The van der Waals surface area contributed by atoms with E-state index in [1.165, 1.54) is 12.8 Å². The van der Waals surface area contributed by atoms with Crippen LogP contribution in [0.2, 0.25) is 0 Å². The van der Waals surface area contributed by atoms with E-state index < -0.39 is 0 Å². The summed E-state index contributed by atoms with van der Waals surface area (Å²) in [5, 5.41) is 10.7. The predicted molar refractivity (Wildman–Crippen MR) is 79.7 cm³/mol. The first kappa shape index (κ1) is 13.5. The topological polar surface area (TPSA) is 58.6 Å². The molecule has 1 atom stereocenters. The number of hydrogen-bond donors (Lipinski definition) is 0. The van der Waals surface area contributed by atoms with Gasteiger partial charge in [0.2, 0.25) is 5.13 Å². The van der Waals surface area contributed by atoms with Gasteiger partial charge in [-0.3, -0.25) is 4.79 Å². The fraction of sp³-hybridized carbons (Fsp3) is 0.786. The molecular formula is C14H20N4O2S. The van der Waals surface area contributed by atoms with Crippen LogP contribution in [0.5, 0.6) is 0 Å². The molecule has 114 valence electrons. The molecule has 21 heavy (non-hydrogen) atoms. The van der Waals surface area contributed by atoms with Gasteiger partial charge in [-0.1, -0.05) is 11.3 Å². The minimum Gasteiger partial charge on any atom is -0.365 e. The molecule has 0 bridgehead atoms. The van der Waals surface area contributed by atoms with Gasteiger partial charge in [0, 0.05) is 25.6 Å². The van der Waals surface area contributed by atoms with Gasteiger partial charge >= 0.3 is 0 Å². The third-order valence-corrected chi connectivity index (χ3v) is 5.53. The largest absolute Gasteiger partial charge is 0.365 e. The average Bonchev–Trinajstić information content (AvgIpc) is 3.05. The highest BCUT2D eigenvalue weighted by Crippen LogP contribution is 2.42. The van der Waals surface area contributed by atoms with Gasteiger partial charge < -0.3 is 14.5 Å². The Balaban J connectivity index is 1.42. The van der Waals surface area contributed by atoms with E-state index in [-0.39, 0.29) is 12.0 Å². The number of likely N-dealkylation sites (tertiary alicyclic amines) is 1. The van der Waals surface area contributed by atoms with Crippen molar-refractivity contribution in [2.24, 2.45) is 0 Å². The fourth-order valence-corrected chi connectivity index (χ4v) is 4.01. The van der Waals surface area contributed by atoms with Crippen LogP contribution < -0.4 is 4.90 Å². The lowest BCUT2D eigenvalue weighted by molar-refractivity contribution is -0.143. The number of morpholine rings is 1. The summed E-state index contributed by atoms with van der Waals surface area (Å²) in [6.07, 6.45) is 4.37. The maximum absolute atomic E-state index is 12.4. The molecule has 1 unspecified atom stereocenters. The summed E-state index contributed by atoms with van der Waals surface area (Å²) in [4.78, 5) is 16.5. The molecule has 1 amide bonds. The number of hydrogen-bond acceptors (Lipinski definition) is 6. The van der Waals surface area contributed by atoms with Crippen LogP contribution in [-0.2, 0) is 9.53 Å². The Kier molecular flexibility index (Phi) is 3.54. The Morgan fingerprint density at radius 3 is 2.76 bits per heavy atom. The Hall–Kier alpha value is -1.21. The molecule has 4 rings (SSSR count). The summed E-state index contributed by atoms with van der Waals surface area (Å²) in [5.41, 5.74) is 0. The third kappa shape index (κ3) is 2.76. The number of rotatable bonds is 3. The Labute approximate surface area is 128 Å². The summed E-state index contributed by atoms with van der Waals surface area (Å²) in [7, 11) is 0. The highest BCUT2D eigenvalue weighted by Gasteiger charge is 2.33. The molecule has 1 saturated carbocycles. The molecule has 3 fully saturated rings. The van der Waals surface area contributed by atoms with Gasteiger partial charge in [-0.25, -0.2) is 0 Å². The van der Waals surface area contributed by atoms with E-state index in [0.29, 0.717) is 19.1 Å². The van der Waals surface area contributed by atoms with E-state index in [9.17, 15) is 4.79 Å². The van der Waals surface area contributed by atoms with Gasteiger partial charge in [0.15, 0.2) is 6.10 Å². The van der Waals surface area contributed by atoms with Gasteiger partial charge in [0.1, 0.15) is 5.01 Å². The number of carbonyl (C=O) groups excluding carboxylic acids is 1. The van der Waals surface area contributed by atoms with Gasteiger partial charge in [-0.2, -0.15) is 0 Å². The number of ether oxygens (including phenoxy) is 1. The zero-order valence-electron chi connectivity index (χ0n) is 12.0. The van der Waals surface area contributed by atoms with Crippen molar-refractivity contribution in [2.45, 2.75) is 37.7 Å². The SMILES string of the molecule is O=C(C1CN(c2nnc(C3CC3)s2)CCO1)N1CCCC1. The first-order valence-electron chi connectivity index (χ1n) is 7.80. The van der Waals surface area contributed by atoms with Crippen LogP contribution >= 0.6 is 11.3 Å². The molecule has 2 saturated heterocycles. The van der Waals surface area contributed by atoms with E-state index in [0.717, 1.165) is 42.6 Å². The van der Waals surface area contributed by atoms with Gasteiger partial charge in [-0.05, 0) is 25.7 Å². The second-order valence-electron chi connectivity index (χ2n) is 6.03. The van der Waals surface area contributed by atoms with Crippen molar-refractivity contribution in [1.82, 2.24) is 15.1 Å². The lowest BCUT2D eigenvalue weighted by Gasteiger charge is -2.33. The predicted octanol–water partition coefficient (Wildman–Crippen LogP) is 1.24. The van der Waals surface area contributed by atoms with Crippen molar-refractivity contribution in [3.8, 4) is 0 Å². The van der Waals surface area contributed by atoms with Crippen LogP contribution in [0.25, 0.3) is 0 Å². The number of carbonyl (C=O) groups is 1.